The Balaban J connectivity index is 1.61. The van der Waals surface area contributed by atoms with Crippen LogP contribution in [0.1, 0.15) is 31.2 Å². The molecule has 0 heterocycles. The smallest absolute Gasteiger partial charge is 0.120 e. The SMILES string of the molecule is N#Cc1cccc(OCCOCC2CCCC2)c1. The van der Waals surface area contributed by atoms with Gasteiger partial charge in [0.15, 0.2) is 0 Å². The first kappa shape index (κ1) is 12.9. The van der Waals surface area contributed by atoms with Crippen LogP contribution in [-0.2, 0) is 4.74 Å². The second kappa shape index (κ2) is 7.03. The number of nitriles is 1. The van der Waals surface area contributed by atoms with Crippen LogP contribution in [0.25, 0.3) is 0 Å². The summed E-state index contributed by atoms with van der Waals surface area (Å²) in [7, 11) is 0. The van der Waals surface area contributed by atoms with Crippen LogP contribution in [0.15, 0.2) is 24.3 Å². The van der Waals surface area contributed by atoms with E-state index in [1.165, 1.54) is 25.7 Å². The third kappa shape index (κ3) is 4.05. The minimum atomic E-state index is 0.543. The molecule has 0 radical (unpaired) electrons. The fraction of sp³-hybridized carbons (Fsp3) is 0.533. The zero-order chi connectivity index (χ0) is 12.6. The van der Waals surface area contributed by atoms with E-state index >= 15 is 0 Å². The normalized spacial score (nSPS) is 15.5. The second-order valence-electron chi connectivity index (χ2n) is 4.71. The zero-order valence-electron chi connectivity index (χ0n) is 10.6. The highest BCUT2D eigenvalue weighted by molar-refractivity contribution is 5.36. The molecule has 1 aromatic rings. The molecular weight excluding hydrogens is 226 g/mol. The molecule has 1 saturated carbocycles. The van der Waals surface area contributed by atoms with Crippen LogP contribution < -0.4 is 4.74 Å². The van der Waals surface area contributed by atoms with Crippen molar-refractivity contribution in [3.8, 4) is 11.8 Å². The lowest BCUT2D eigenvalue weighted by atomic mass is 10.1. The maximum absolute atomic E-state index is 8.76. The molecule has 3 nitrogen and oxygen atoms in total. The summed E-state index contributed by atoms with van der Waals surface area (Å²) < 4.78 is 11.1. The van der Waals surface area contributed by atoms with Gasteiger partial charge in [-0.1, -0.05) is 18.9 Å². The number of hydrogen-bond acceptors (Lipinski definition) is 3. The van der Waals surface area contributed by atoms with Crippen molar-refractivity contribution in [1.29, 1.82) is 5.26 Å². The van der Waals surface area contributed by atoms with Crippen LogP contribution in [0.2, 0.25) is 0 Å². The summed E-state index contributed by atoms with van der Waals surface area (Å²) in [5.74, 6) is 1.49. The van der Waals surface area contributed by atoms with Crippen LogP contribution >= 0.6 is 0 Å². The van der Waals surface area contributed by atoms with Crippen LogP contribution in [0.4, 0.5) is 0 Å². The van der Waals surface area contributed by atoms with Gasteiger partial charge in [0.1, 0.15) is 12.4 Å². The van der Waals surface area contributed by atoms with Crippen molar-refractivity contribution in [1.82, 2.24) is 0 Å². The van der Waals surface area contributed by atoms with E-state index in [-0.39, 0.29) is 0 Å². The summed E-state index contributed by atoms with van der Waals surface area (Å²) in [6.07, 6.45) is 5.33. The Hall–Kier alpha value is -1.53. The summed E-state index contributed by atoms with van der Waals surface area (Å²) >= 11 is 0. The quantitative estimate of drug-likeness (QED) is 0.723. The summed E-state index contributed by atoms with van der Waals surface area (Å²) in [5.41, 5.74) is 0.624. The van der Waals surface area contributed by atoms with E-state index in [2.05, 4.69) is 6.07 Å². The molecule has 2 rings (SSSR count). The van der Waals surface area contributed by atoms with E-state index in [0.717, 1.165) is 18.3 Å². The number of ether oxygens (including phenoxy) is 2. The van der Waals surface area contributed by atoms with E-state index < -0.39 is 0 Å². The van der Waals surface area contributed by atoms with Crippen molar-refractivity contribution in [3.63, 3.8) is 0 Å². The zero-order valence-corrected chi connectivity index (χ0v) is 10.6. The van der Waals surface area contributed by atoms with Gasteiger partial charge in [-0.2, -0.15) is 5.26 Å². The predicted octanol–water partition coefficient (Wildman–Crippen LogP) is 3.14. The summed E-state index contributed by atoms with van der Waals surface area (Å²) in [6, 6.07) is 9.29. The minimum Gasteiger partial charge on any atom is -0.491 e. The molecule has 0 spiro atoms. The van der Waals surface area contributed by atoms with Crippen LogP contribution in [0, 0.1) is 17.2 Å². The average molecular weight is 245 g/mol. The lowest BCUT2D eigenvalue weighted by molar-refractivity contribution is 0.0754. The Bertz CT molecular complexity index is 405. The van der Waals surface area contributed by atoms with Gasteiger partial charge in [-0.05, 0) is 37.0 Å². The minimum absolute atomic E-state index is 0.543. The maximum atomic E-state index is 8.76. The van der Waals surface area contributed by atoms with E-state index in [1.807, 2.05) is 12.1 Å². The number of nitrogens with zero attached hydrogens (tertiary/aromatic N) is 1. The van der Waals surface area contributed by atoms with Crippen molar-refractivity contribution in [2.75, 3.05) is 19.8 Å². The van der Waals surface area contributed by atoms with Crippen molar-refractivity contribution in [2.24, 2.45) is 5.92 Å². The summed E-state index contributed by atoms with van der Waals surface area (Å²) in [6.45, 7) is 2.02. The van der Waals surface area contributed by atoms with E-state index in [4.69, 9.17) is 14.7 Å². The Morgan fingerprint density at radius 2 is 2.06 bits per heavy atom. The van der Waals surface area contributed by atoms with E-state index in [9.17, 15) is 0 Å². The van der Waals surface area contributed by atoms with E-state index in [0.29, 0.717) is 18.8 Å². The van der Waals surface area contributed by atoms with Gasteiger partial charge in [0.25, 0.3) is 0 Å². The predicted molar refractivity (Wildman–Crippen MR) is 69.4 cm³/mol. The molecule has 0 saturated heterocycles. The molecule has 0 atom stereocenters. The molecule has 96 valence electrons. The molecule has 0 amide bonds. The Kier molecular flexibility index (Phi) is 5.04. The maximum Gasteiger partial charge on any atom is 0.120 e. The van der Waals surface area contributed by atoms with Crippen molar-refractivity contribution < 1.29 is 9.47 Å². The monoisotopic (exact) mass is 245 g/mol. The van der Waals surface area contributed by atoms with Crippen LogP contribution in [-0.4, -0.2) is 19.8 Å². The van der Waals surface area contributed by atoms with E-state index in [1.54, 1.807) is 12.1 Å². The first-order chi connectivity index (χ1) is 8.88. The van der Waals surface area contributed by atoms with Crippen LogP contribution in [0.5, 0.6) is 5.75 Å². The Morgan fingerprint density at radius 3 is 2.83 bits per heavy atom. The van der Waals surface area contributed by atoms with Crippen molar-refractivity contribution >= 4 is 0 Å². The van der Waals surface area contributed by atoms with Crippen molar-refractivity contribution in [2.45, 2.75) is 25.7 Å². The molecule has 18 heavy (non-hydrogen) atoms. The highest BCUT2D eigenvalue weighted by atomic mass is 16.5. The number of benzene rings is 1. The van der Waals surface area contributed by atoms with Gasteiger partial charge in [0.05, 0.1) is 18.2 Å². The van der Waals surface area contributed by atoms with Crippen LogP contribution in [0.3, 0.4) is 0 Å². The molecule has 3 heteroatoms. The number of hydrogen-bond donors (Lipinski definition) is 0. The summed E-state index contributed by atoms with van der Waals surface area (Å²) in [5, 5.41) is 8.76. The molecule has 0 aliphatic heterocycles. The van der Waals surface area contributed by atoms with Gasteiger partial charge in [-0.25, -0.2) is 0 Å². The first-order valence-electron chi connectivity index (χ1n) is 6.59. The molecule has 0 aromatic heterocycles. The fourth-order valence-corrected chi connectivity index (χ4v) is 2.30. The standard InChI is InChI=1S/C15H19NO2/c16-11-14-6-3-7-15(10-14)18-9-8-17-12-13-4-1-2-5-13/h3,6-7,10,13H,1-2,4-5,8-9,12H2. The average Bonchev–Trinajstić information content (AvgIpc) is 2.92. The van der Waals surface area contributed by atoms with Gasteiger partial charge in [0, 0.05) is 6.61 Å². The lowest BCUT2D eigenvalue weighted by Gasteiger charge is -2.10. The molecule has 1 aliphatic rings. The Morgan fingerprint density at radius 1 is 1.22 bits per heavy atom. The second-order valence-corrected chi connectivity index (χ2v) is 4.71. The summed E-state index contributed by atoms with van der Waals surface area (Å²) in [4.78, 5) is 0. The first-order valence-corrected chi connectivity index (χ1v) is 6.59. The molecule has 0 unspecified atom stereocenters. The lowest BCUT2D eigenvalue weighted by Crippen LogP contribution is -2.11. The molecule has 1 aliphatic carbocycles. The highest BCUT2D eigenvalue weighted by Gasteiger charge is 2.14. The number of rotatable bonds is 6. The molecule has 0 bridgehead atoms. The van der Waals surface area contributed by atoms with Gasteiger partial charge >= 0.3 is 0 Å². The highest BCUT2D eigenvalue weighted by Crippen LogP contribution is 2.24. The molecule has 1 aromatic carbocycles. The Labute approximate surface area is 108 Å². The van der Waals surface area contributed by atoms with Gasteiger partial charge < -0.3 is 9.47 Å². The third-order valence-corrected chi connectivity index (χ3v) is 3.29. The van der Waals surface area contributed by atoms with Gasteiger partial charge in [0.2, 0.25) is 0 Å². The molecule has 1 fully saturated rings. The van der Waals surface area contributed by atoms with Crippen molar-refractivity contribution in [3.05, 3.63) is 29.8 Å². The van der Waals surface area contributed by atoms with Gasteiger partial charge in [-0.15, -0.1) is 0 Å². The molecule has 0 N–H and O–H groups in total. The van der Waals surface area contributed by atoms with Gasteiger partial charge in [-0.3, -0.25) is 0 Å². The largest absolute Gasteiger partial charge is 0.491 e. The topological polar surface area (TPSA) is 42.2 Å². The third-order valence-electron chi connectivity index (χ3n) is 3.29. The fourth-order valence-electron chi connectivity index (χ4n) is 2.30. The molecular formula is C15H19NO2.